The van der Waals surface area contributed by atoms with Gasteiger partial charge in [0.25, 0.3) is 0 Å². The minimum Gasteiger partial charge on any atom is -0.271 e. The van der Waals surface area contributed by atoms with Crippen LogP contribution in [0.1, 0.15) is 22.7 Å². The molecular weight excluding hydrogens is 265 g/mol. The number of aryl methyl sites for hydroxylation is 1. The molecule has 0 bridgehead atoms. The average molecular weight is 281 g/mol. The Morgan fingerprint density at radius 2 is 1.86 bits per heavy atom. The molecule has 106 valence electrons. The van der Waals surface area contributed by atoms with Gasteiger partial charge in [0, 0.05) is 23.3 Å². The predicted octanol–water partition coefficient (Wildman–Crippen LogP) is 3.24. The second kappa shape index (κ2) is 5.60. The van der Waals surface area contributed by atoms with Crippen molar-refractivity contribution in [2.75, 3.05) is 0 Å². The Morgan fingerprint density at radius 1 is 1.10 bits per heavy atom. The standard InChI is InChI=1S/C17H16FN3/c1-11-4-2-7-15(16(11)18)17(21-19)14-6-3-5-12-10-20-9-8-13(12)14/h2-10,17,21H,19H2,1H3. The van der Waals surface area contributed by atoms with Gasteiger partial charge in [0.2, 0.25) is 0 Å². The van der Waals surface area contributed by atoms with E-state index in [-0.39, 0.29) is 5.82 Å². The van der Waals surface area contributed by atoms with E-state index in [1.54, 1.807) is 31.5 Å². The fourth-order valence-corrected chi connectivity index (χ4v) is 2.64. The van der Waals surface area contributed by atoms with Crippen LogP contribution in [0.5, 0.6) is 0 Å². The van der Waals surface area contributed by atoms with Crippen molar-refractivity contribution in [2.24, 2.45) is 5.84 Å². The zero-order valence-electron chi connectivity index (χ0n) is 11.7. The van der Waals surface area contributed by atoms with Crippen molar-refractivity contribution < 1.29 is 4.39 Å². The number of hydrogen-bond donors (Lipinski definition) is 2. The number of aromatic nitrogens is 1. The van der Waals surface area contributed by atoms with E-state index in [0.29, 0.717) is 11.1 Å². The minimum absolute atomic E-state index is 0.230. The second-order valence-corrected chi connectivity index (χ2v) is 5.02. The van der Waals surface area contributed by atoms with Crippen LogP contribution in [0.15, 0.2) is 54.9 Å². The van der Waals surface area contributed by atoms with Crippen LogP contribution in [-0.2, 0) is 0 Å². The van der Waals surface area contributed by atoms with Gasteiger partial charge in [-0.2, -0.15) is 0 Å². The van der Waals surface area contributed by atoms with Crippen LogP contribution in [-0.4, -0.2) is 4.98 Å². The first kappa shape index (κ1) is 13.7. The van der Waals surface area contributed by atoms with Crippen molar-refractivity contribution in [1.29, 1.82) is 0 Å². The Bertz CT molecular complexity index is 781. The van der Waals surface area contributed by atoms with E-state index in [2.05, 4.69) is 10.4 Å². The smallest absolute Gasteiger partial charge is 0.131 e. The van der Waals surface area contributed by atoms with Gasteiger partial charge in [-0.1, -0.05) is 36.4 Å². The van der Waals surface area contributed by atoms with E-state index in [1.807, 2.05) is 30.3 Å². The number of halogens is 1. The highest BCUT2D eigenvalue weighted by molar-refractivity contribution is 5.85. The highest BCUT2D eigenvalue weighted by Gasteiger charge is 2.19. The lowest BCUT2D eigenvalue weighted by molar-refractivity contribution is 0.556. The molecule has 3 aromatic rings. The van der Waals surface area contributed by atoms with Crippen LogP contribution >= 0.6 is 0 Å². The summed E-state index contributed by atoms with van der Waals surface area (Å²) >= 11 is 0. The molecule has 4 heteroatoms. The normalized spacial score (nSPS) is 12.5. The Hall–Kier alpha value is -2.30. The Kier molecular flexibility index (Phi) is 3.64. The molecule has 3 rings (SSSR count). The summed E-state index contributed by atoms with van der Waals surface area (Å²) in [5.74, 6) is 5.48. The fraction of sp³-hybridized carbons (Fsp3) is 0.118. The second-order valence-electron chi connectivity index (χ2n) is 5.02. The van der Waals surface area contributed by atoms with E-state index in [4.69, 9.17) is 5.84 Å². The third kappa shape index (κ3) is 2.39. The lowest BCUT2D eigenvalue weighted by atomic mass is 9.93. The number of nitrogens with zero attached hydrogens (tertiary/aromatic N) is 1. The summed E-state index contributed by atoms with van der Waals surface area (Å²) < 4.78 is 14.4. The predicted molar refractivity (Wildman–Crippen MR) is 82.0 cm³/mol. The third-order valence-electron chi connectivity index (χ3n) is 3.72. The van der Waals surface area contributed by atoms with E-state index in [9.17, 15) is 4.39 Å². The molecule has 1 aromatic heterocycles. The first-order valence-electron chi connectivity index (χ1n) is 6.76. The monoisotopic (exact) mass is 281 g/mol. The number of benzene rings is 2. The SMILES string of the molecule is Cc1cccc(C(NN)c2cccc3cnccc23)c1F. The maximum absolute atomic E-state index is 14.4. The molecule has 0 spiro atoms. The molecule has 0 fully saturated rings. The highest BCUT2D eigenvalue weighted by Crippen LogP contribution is 2.30. The molecule has 0 saturated heterocycles. The molecule has 0 saturated carbocycles. The van der Waals surface area contributed by atoms with Gasteiger partial charge in [0.15, 0.2) is 0 Å². The summed E-state index contributed by atoms with van der Waals surface area (Å²) in [7, 11) is 0. The lowest BCUT2D eigenvalue weighted by Crippen LogP contribution is -2.29. The van der Waals surface area contributed by atoms with Gasteiger partial charge in [-0.15, -0.1) is 0 Å². The number of rotatable bonds is 3. The third-order valence-corrected chi connectivity index (χ3v) is 3.72. The molecule has 0 amide bonds. The number of pyridine rings is 1. The zero-order valence-corrected chi connectivity index (χ0v) is 11.7. The van der Waals surface area contributed by atoms with Gasteiger partial charge in [-0.3, -0.25) is 10.8 Å². The van der Waals surface area contributed by atoms with Crippen LogP contribution in [0.25, 0.3) is 10.8 Å². The van der Waals surface area contributed by atoms with Crippen LogP contribution < -0.4 is 11.3 Å². The topological polar surface area (TPSA) is 50.9 Å². The molecule has 1 heterocycles. The number of fused-ring (bicyclic) bond motifs is 1. The largest absolute Gasteiger partial charge is 0.271 e. The lowest BCUT2D eigenvalue weighted by Gasteiger charge is -2.20. The van der Waals surface area contributed by atoms with Crippen molar-refractivity contribution in [3.05, 3.63) is 77.4 Å². The molecule has 21 heavy (non-hydrogen) atoms. The summed E-state index contributed by atoms with van der Waals surface area (Å²) in [4.78, 5) is 4.12. The average Bonchev–Trinajstić information content (AvgIpc) is 2.52. The van der Waals surface area contributed by atoms with Crippen LogP contribution in [0.2, 0.25) is 0 Å². The molecule has 0 aliphatic heterocycles. The molecule has 3 N–H and O–H groups in total. The first-order valence-corrected chi connectivity index (χ1v) is 6.76. The van der Waals surface area contributed by atoms with Crippen LogP contribution in [0, 0.1) is 12.7 Å². The minimum atomic E-state index is -0.406. The summed E-state index contributed by atoms with van der Waals surface area (Å²) in [6, 6.07) is 12.7. The van der Waals surface area contributed by atoms with Gasteiger partial charge in [0.1, 0.15) is 5.82 Å². The number of nitrogens with two attached hydrogens (primary N) is 1. The molecule has 1 atom stereocenters. The maximum Gasteiger partial charge on any atom is 0.131 e. The number of nitrogens with one attached hydrogen (secondary N) is 1. The molecule has 2 aromatic carbocycles. The summed E-state index contributed by atoms with van der Waals surface area (Å²) in [5, 5.41) is 2.01. The molecule has 3 nitrogen and oxygen atoms in total. The quantitative estimate of drug-likeness (QED) is 0.572. The van der Waals surface area contributed by atoms with Crippen LogP contribution in [0.4, 0.5) is 4.39 Å². The van der Waals surface area contributed by atoms with Gasteiger partial charge in [-0.25, -0.2) is 9.82 Å². The van der Waals surface area contributed by atoms with Crippen molar-refractivity contribution in [2.45, 2.75) is 13.0 Å². The Morgan fingerprint density at radius 3 is 2.67 bits per heavy atom. The van der Waals surface area contributed by atoms with E-state index < -0.39 is 6.04 Å². The number of hydrazine groups is 1. The van der Waals surface area contributed by atoms with Crippen molar-refractivity contribution in [3.8, 4) is 0 Å². The van der Waals surface area contributed by atoms with Crippen LogP contribution in [0.3, 0.4) is 0 Å². The van der Waals surface area contributed by atoms with E-state index in [1.165, 1.54) is 0 Å². The Balaban J connectivity index is 2.21. The summed E-state index contributed by atoms with van der Waals surface area (Å²) in [5.41, 5.74) is 4.82. The van der Waals surface area contributed by atoms with Crippen molar-refractivity contribution >= 4 is 10.8 Å². The van der Waals surface area contributed by atoms with E-state index in [0.717, 1.165) is 16.3 Å². The van der Waals surface area contributed by atoms with Gasteiger partial charge < -0.3 is 0 Å². The molecular formula is C17H16FN3. The maximum atomic E-state index is 14.4. The van der Waals surface area contributed by atoms with Gasteiger partial charge in [0.05, 0.1) is 6.04 Å². The molecule has 1 unspecified atom stereocenters. The van der Waals surface area contributed by atoms with E-state index >= 15 is 0 Å². The number of hydrogen-bond acceptors (Lipinski definition) is 3. The Labute approximate surface area is 122 Å². The molecule has 0 aliphatic carbocycles. The van der Waals surface area contributed by atoms with Crippen molar-refractivity contribution in [3.63, 3.8) is 0 Å². The fourth-order valence-electron chi connectivity index (χ4n) is 2.64. The van der Waals surface area contributed by atoms with Crippen molar-refractivity contribution in [1.82, 2.24) is 10.4 Å². The van der Waals surface area contributed by atoms with Gasteiger partial charge >= 0.3 is 0 Å². The molecule has 0 aliphatic rings. The van der Waals surface area contributed by atoms with Gasteiger partial charge in [-0.05, 0) is 29.5 Å². The summed E-state index contributed by atoms with van der Waals surface area (Å²) in [6.45, 7) is 1.75. The first-order chi connectivity index (χ1) is 10.2. The highest BCUT2D eigenvalue weighted by atomic mass is 19.1. The summed E-state index contributed by atoms with van der Waals surface area (Å²) in [6.07, 6.45) is 3.52. The molecule has 0 radical (unpaired) electrons. The zero-order chi connectivity index (χ0) is 14.8.